The lowest BCUT2D eigenvalue weighted by Gasteiger charge is -2.42. The second-order valence-electron chi connectivity index (χ2n) is 9.09. The highest BCUT2D eigenvalue weighted by atomic mass is 16.3. The van der Waals surface area contributed by atoms with Gasteiger partial charge in [0.15, 0.2) is 0 Å². The van der Waals surface area contributed by atoms with Gasteiger partial charge in [0.1, 0.15) is 6.26 Å². The third-order valence-corrected chi connectivity index (χ3v) is 6.77. The van der Waals surface area contributed by atoms with Crippen molar-refractivity contribution < 1.29 is 14.0 Å². The Bertz CT molecular complexity index is 1450. The number of furan rings is 1. The van der Waals surface area contributed by atoms with Gasteiger partial charge in [-0.25, -0.2) is 4.68 Å². The van der Waals surface area contributed by atoms with Crippen LogP contribution >= 0.6 is 0 Å². The van der Waals surface area contributed by atoms with Gasteiger partial charge in [0.2, 0.25) is 0 Å². The summed E-state index contributed by atoms with van der Waals surface area (Å²) < 4.78 is 8.44. The van der Waals surface area contributed by atoms with E-state index >= 15 is 0 Å². The smallest absolute Gasteiger partial charge is 0.259 e. The zero-order valence-electron chi connectivity index (χ0n) is 18.8. The van der Waals surface area contributed by atoms with E-state index in [4.69, 9.17) is 4.42 Å². The number of nitrogens with zero attached hydrogens (tertiary/aromatic N) is 4. The largest absolute Gasteiger partial charge is 0.472 e. The van der Waals surface area contributed by atoms with Crippen LogP contribution in [-0.2, 0) is 6.54 Å². The van der Waals surface area contributed by atoms with E-state index in [1.807, 2.05) is 27.7 Å². The predicted octanol–water partition coefficient (Wildman–Crippen LogP) is 3.14. The molecule has 9 nitrogen and oxygen atoms in total. The Hall–Kier alpha value is -4.40. The van der Waals surface area contributed by atoms with Gasteiger partial charge in [0.25, 0.3) is 17.4 Å². The maximum atomic E-state index is 13.3. The number of hydrogen-bond donors (Lipinski definition) is 1. The van der Waals surface area contributed by atoms with Crippen molar-refractivity contribution in [3.63, 3.8) is 0 Å². The molecule has 0 saturated carbocycles. The minimum Gasteiger partial charge on any atom is -0.472 e. The number of aromatic nitrogens is 3. The SMILES string of the molecule is O=C(Nc1cnn(-c2ccc(C(=O)N3C[C@@H]4C[C@@H](C3)c3cccc(=O)n3C4)cc2)c1)c1ccoc1. The Morgan fingerprint density at radius 2 is 1.86 bits per heavy atom. The lowest BCUT2D eigenvalue weighted by Crippen LogP contribution is -2.49. The Morgan fingerprint density at radius 3 is 2.66 bits per heavy atom. The van der Waals surface area contributed by atoms with Gasteiger partial charge in [0.05, 0.1) is 35.6 Å². The molecule has 2 bridgehead atoms. The fraction of sp³-hybridized carbons (Fsp3) is 0.231. The molecule has 1 aromatic carbocycles. The van der Waals surface area contributed by atoms with E-state index in [-0.39, 0.29) is 29.2 Å². The maximum absolute atomic E-state index is 13.3. The molecule has 6 rings (SSSR count). The molecule has 0 spiro atoms. The normalized spacial score (nSPS) is 18.7. The highest BCUT2D eigenvalue weighted by molar-refractivity contribution is 6.03. The van der Waals surface area contributed by atoms with Crippen LogP contribution in [0.25, 0.3) is 5.69 Å². The van der Waals surface area contributed by atoms with Crippen molar-refractivity contribution in [3.8, 4) is 5.69 Å². The summed E-state index contributed by atoms with van der Waals surface area (Å²) in [6, 6.07) is 14.3. The molecule has 176 valence electrons. The number of pyridine rings is 1. The Morgan fingerprint density at radius 1 is 1.00 bits per heavy atom. The predicted molar refractivity (Wildman–Crippen MR) is 128 cm³/mol. The molecule has 0 unspecified atom stereocenters. The number of piperidine rings is 1. The first-order chi connectivity index (χ1) is 17.0. The second-order valence-corrected chi connectivity index (χ2v) is 9.09. The van der Waals surface area contributed by atoms with E-state index in [0.717, 1.165) is 17.8 Å². The molecule has 35 heavy (non-hydrogen) atoms. The van der Waals surface area contributed by atoms with Gasteiger partial charge in [0, 0.05) is 42.9 Å². The summed E-state index contributed by atoms with van der Waals surface area (Å²) in [5, 5.41) is 7.08. The summed E-state index contributed by atoms with van der Waals surface area (Å²) in [7, 11) is 0. The van der Waals surface area contributed by atoms with E-state index < -0.39 is 0 Å². The molecule has 1 fully saturated rings. The summed E-state index contributed by atoms with van der Waals surface area (Å²) in [6.45, 7) is 1.92. The van der Waals surface area contributed by atoms with Crippen molar-refractivity contribution >= 4 is 17.5 Å². The molecule has 5 heterocycles. The number of fused-ring (bicyclic) bond motifs is 4. The first-order valence-electron chi connectivity index (χ1n) is 11.5. The number of likely N-dealkylation sites (tertiary alicyclic amines) is 1. The third kappa shape index (κ3) is 3.95. The first kappa shape index (κ1) is 21.2. The molecule has 2 aliphatic rings. The molecular formula is C26H23N5O4. The number of anilines is 1. The van der Waals surface area contributed by atoms with E-state index in [1.165, 1.54) is 12.5 Å². The quantitative estimate of drug-likeness (QED) is 0.495. The Balaban J connectivity index is 1.15. The van der Waals surface area contributed by atoms with Crippen molar-refractivity contribution in [1.29, 1.82) is 0 Å². The lowest BCUT2D eigenvalue weighted by atomic mass is 9.83. The van der Waals surface area contributed by atoms with Gasteiger partial charge in [-0.05, 0) is 48.7 Å². The summed E-state index contributed by atoms with van der Waals surface area (Å²) >= 11 is 0. The molecule has 2 aliphatic heterocycles. The lowest BCUT2D eigenvalue weighted by molar-refractivity contribution is 0.0594. The van der Waals surface area contributed by atoms with Gasteiger partial charge in [-0.2, -0.15) is 5.10 Å². The minimum absolute atomic E-state index is 0.00786. The molecule has 1 N–H and O–H groups in total. The Labute approximate surface area is 200 Å². The maximum Gasteiger partial charge on any atom is 0.259 e. The third-order valence-electron chi connectivity index (χ3n) is 6.77. The van der Waals surface area contributed by atoms with E-state index in [1.54, 1.807) is 47.4 Å². The van der Waals surface area contributed by atoms with Crippen LogP contribution in [0.2, 0.25) is 0 Å². The number of nitrogens with one attached hydrogen (secondary N) is 1. The number of amides is 2. The molecule has 3 aromatic heterocycles. The zero-order valence-corrected chi connectivity index (χ0v) is 18.8. The molecule has 9 heteroatoms. The number of rotatable bonds is 4. The molecule has 2 atom stereocenters. The average molecular weight is 470 g/mol. The topological polar surface area (TPSA) is 102 Å². The summed E-state index contributed by atoms with van der Waals surface area (Å²) in [6.07, 6.45) is 7.10. The molecule has 1 saturated heterocycles. The van der Waals surface area contributed by atoms with E-state index in [2.05, 4.69) is 10.4 Å². The van der Waals surface area contributed by atoms with Gasteiger partial charge in [-0.15, -0.1) is 0 Å². The van der Waals surface area contributed by atoms with Crippen molar-refractivity contribution in [2.75, 3.05) is 18.4 Å². The monoisotopic (exact) mass is 469 g/mol. The molecule has 2 amide bonds. The van der Waals surface area contributed by atoms with Crippen LogP contribution in [0.4, 0.5) is 5.69 Å². The minimum atomic E-state index is -0.280. The van der Waals surface area contributed by atoms with Crippen molar-refractivity contribution in [1.82, 2.24) is 19.2 Å². The van der Waals surface area contributed by atoms with Gasteiger partial charge in [-0.3, -0.25) is 14.4 Å². The van der Waals surface area contributed by atoms with E-state index in [9.17, 15) is 14.4 Å². The van der Waals surface area contributed by atoms with Crippen LogP contribution in [0.5, 0.6) is 0 Å². The van der Waals surface area contributed by atoms with Crippen LogP contribution in [-0.4, -0.2) is 44.2 Å². The number of carbonyl (C=O) groups excluding carboxylic acids is 2. The van der Waals surface area contributed by atoms with Gasteiger partial charge >= 0.3 is 0 Å². The molecule has 4 aromatic rings. The highest BCUT2D eigenvalue weighted by Crippen LogP contribution is 2.35. The van der Waals surface area contributed by atoms with Crippen LogP contribution in [0, 0.1) is 5.92 Å². The standard InChI is InChI=1S/C26H23N5O4/c32-24-3-1-2-23-20-10-17(13-30(23)24)12-29(14-20)26(34)18-4-6-22(7-5-18)31-15-21(11-27-31)28-25(33)19-8-9-35-16-19/h1-9,11,15-17,20H,10,12-14H2,(H,28,33)/t17-,20-/m0/s1. The summed E-state index contributed by atoms with van der Waals surface area (Å²) in [5.41, 5.74) is 3.42. The van der Waals surface area contributed by atoms with Crippen LogP contribution < -0.4 is 10.9 Å². The van der Waals surface area contributed by atoms with Crippen molar-refractivity contribution in [3.05, 3.63) is 101 Å². The van der Waals surface area contributed by atoms with Gasteiger partial charge < -0.3 is 19.2 Å². The van der Waals surface area contributed by atoms with Crippen molar-refractivity contribution in [2.24, 2.45) is 5.92 Å². The highest BCUT2D eigenvalue weighted by Gasteiger charge is 2.36. The number of benzene rings is 1. The van der Waals surface area contributed by atoms with Gasteiger partial charge in [-0.1, -0.05) is 6.07 Å². The molecular weight excluding hydrogens is 446 g/mol. The fourth-order valence-electron chi connectivity index (χ4n) is 5.13. The summed E-state index contributed by atoms with van der Waals surface area (Å²) in [5.74, 6) is 0.174. The van der Waals surface area contributed by atoms with Crippen LogP contribution in [0.1, 0.15) is 38.7 Å². The summed E-state index contributed by atoms with van der Waals surface area (Å²) in [4.78, 5) is 39.6. The molecule has 0 radical (unpaired) electrons. The number of carbonyl (C=O) groups is 2. The zero-order chi connectivity index (χ0) is 23.9. The molecule has 0 aliphatic carbocycles. The fourth-order valence-corrected chi connectivity index (χ4v) is 5.13. The number of hydrogen-bond acceptors (Lipinski definition) is 5. The second kappa shape index (κ2) is 8.43. The first-order valence-corrected chi connectivity index (χ1v) is 11.5. The van der Waals surface area contributed by atoms with E-state index in [0.29, 0.717) is 36.4 Å². The van der Waals surface area contributed by atoms with Crippen LogP contribution in [0.15, 0.2) is 82.7 Å². The Kier molecular flexibility index (Phi) is 5.09. The van der Waals surface area contributed by atoms with Crippen LogP contribution in [0.3, 0.4) is 0 Å². The van der Waals surface area contributed by atoms with Crippen molar-refractivity contribution in [2.45, 2.75) is 18.9 Å². The average Bonchev–Trinajstić information content (AvgIpc) is 3.57.